The average molecular weight is 229 g/mol. The molecule has 0 saturated carbocycles. The van der Waals surface area contributed by atoms with Crippen molar-refractivity contribution in [2.45, 2.75) is 20.3 Å². The number of rotatable bonds is 4. The topological polar surface area (TPSA) is 59.3 Å². The highest BCUT2D eigenvalue weighted by molar-refractivity contribution is 7.06. The lowest BCUT2D eigenvalue weighted by atomic mass is 10.1. The van der Waals surface area contributed by atoms with Crippen LogP contribution in [0.5, 0.6) is 0 Å². The largest absolute Gasteiger partial charge is 0.402 e. The van der Waals surface area contributed by atoms with E-state index in [-0.39, 0.29) is 5.82 Å². The molecule has 0 N–H and O–H groups in total. The van der Waals surface area contributed by atoms with Crippen LogP contribution in [-0.2, 0) is 6.42 Å². The first kappa shape index (κ1) is 11.9. The number of hydrogen-bond acceptors (Lipinski definition) is 5. The third-order valence-electron chi connectivity index (χ3n) is 1.93. The third kappa shape index (κ3) is 2.65. The van der Waals surface area contributed by atoms with E-state index in [2.05, 4.69) is 18.2 Å². The van der Waals surface area contributed by atoms with Gasteiger partial charge in [-0.1, -0.05) is 13.8 Å². The summed E-state index contributed by atoms with van der Waals surface area (Å²) in [6.07, 6.45) is 0.832. The van der Waals surface area contributed by atoms with Crippen molar-refractivity contribution in [2.24, 2.45) is 5.92 Å². The van der Waals surface area contributed by atoms with Gasteiger partial charge in [-0.3, -0.25) is 0 Å². The summed E-state index contributed by atoms with van der Waals surface area (Å²) < 4.78 is 3.89. The van der Waals surface area contributed by atoms with Crippen LogP contribution in [0.1, 0.15) is 18.7 Å². The molecular weight excluding hydrogens is 214 g/mol. The Bertz CT molecular complexity index is 360. The lowest BCUT2D eigenvalue weighted by molar-refractivity contribution is -0.388. The molecule has 0 aliphatic carbocycles. The van der Waals surface area contributed by atoms with E-state index in [1.54, 1.807) is 19.0 Å². The van der Waals surface area contributed by atoms with Crippen molar-refractivity contribution >= 4 is 23.0 Å². The number of anilines is 1. The van der Waals surface area contributed by atoms with Crippen LogP contribution in [0, 0.1) is 16.0 Å². The molecule has 0 amide bonds. The highest BCUT2D eigenvalue weighted by Crippen LogP contribution is 2.34. The van der Waals surface area contributed by atoms with Gasteiger partial charge < -0.3 is 15.0 Å². The van der Waals surface area contributed by atoms with E-state index >= 15 is 0 Å². The molecule has 84 valence electrons. The average Bonchev–Trinajstić information content (AvgIpc) is 2.46. The lowest BCUT2D eigenvalue weighted by Crippen LogP contribution is -2.12. The molecule has 0 unspecified atom stereocenters. The Morgan fingerprint density at radius 2 is 2.13 bits per heavy atom. The van der Waals surface area contributed by atoms with Crippen molar-refractivity contribution in [1.29, 1.82) is 0 Å². The van der Waals surface area contributed by atoms with Gasteiger partial charge in [-0.25, -0.2) is 0 Å². The molecule has 6 heteroatoms. The van der Waals surface area contributed by atoms with Gasteiger partial charge in [-0.2, -0.15) is 0 Å². The van der Waals surface area contributed by atoms with Crippen LogP contribution in [-0.4, -0.2) is 23.4 Å². The van der Waals surface area contributed by atoms with Crippen molar-refractivity contribution in [3.63, 3.8) is 0 Å². The minimum absolute atomic E-state index is 0.0272. The standard InChI is InChI=1S/C9H15N3O2S/c1-6(2)5-7-8(11(3)4)9(10-15-7)12(13)14/h6H,5H2,1-4H3. The fourth-order valence-electron chi connectivity index (χ4n) is 1.38. The van der Waals surface area contributed by atoms with E-state index in [1.807, 2.05) is 0 Å². The van der Waals surface area contributed by atoms with Gasteiger partial charge in [0.25, 0.3) is 0 Å². The number of nitro groups is 1. The second-order valence-electron chi connectivity index (χ2n) is 4.03. The molecule has 0 aliphatic rings. The highest BCUT2D eigenvalue weighted by atomic mass is 32.1. The summed E-state index contributed by atoms with van der Waals surface area (Å²) in [5.74, 6) is 0.449. The maximum absolute atomic E-state index is 10.7. The lowest BCUT2D eigenvalue weighted by Gasteiger charge is -2.12. The summed E-state index contributed by atoms with van der Waals surface area (Å²) in [6, 6.07) is 0. The van der Waals surface area contributed by atoms with Crippen LogP contribution in [0.2, 0.25) is 0 Å². The van der Waals surface area contributed by atoms with Crippen LogP contribution >= 0.6 is 11.5 Å². The Balaban J connectivity index is 3.12. The van der Waals surface area contributed by atoms with Gasteiger partial charge in [0.1, 0.15) is 0 Å². The van der Waals surface area contributed by atoms with Crippen molar-refractivity contribution in [3.05, 3.63) is 15.0 Å². The van der Waals surface area contributed by atoms with E-state index in [0.717, 1.165) is 11.3 Å². The van der Waals surface area contributed by atoms with Crippen LogP contribution < -0.4 is 4.90 Å². The van der Waals surface area contributed by atoms with Gasteiger partial charge in [0.15, 0.2) is 5.69 Å². The minimum Gasteiger partial charge on any atom is -0.370 e. The Morgan fingerprint density at radius 1 is 1.53 bits per heavy atom. The van der Waals surface area contributed by atoms with Crippen LogP contribution in [0.25, 0.3) is 0 Å². The highest BCUT2D eigenvalue weighted by Gasteiger charge is 2.25. The van der Waals surface area contributed by atoms with E-state index in [1.165, 1.54) is 11.5 Å². The molecule has 0 radical (unpaired) electrons. The summed E-state index contributed by atoms with van der Waals surface area (Å²) in [7, 11) is 3.61. The molecule has 0 fully saturated rings. The molecule has 15 heavy (non-hydrogen) atoms. The van der Waals surface area contributed by atoms with Crippen molar-refractivity contribution in [1.82, 2.24) is 4.37 Å². The maximum Gasteiger partial charge on any atom is 0.402 e. The molecule has 0 saturated heterocycles. The first-order chi connectivity index (χ1) is 6.93. The SMILES string of the molecule is CC(C)Cc1snc([N+](=O)[O-])c1N(C)C. The molecule has 0 atom stereocenters. The smallest absolute Gasteiger partial charge is 0.370 e. The summed E-state index contributed by atoms with van der Waals surface area (Å²) in [6.45, 7) is 4.18. The molecular formula is C9H15N3O2S. The van der Waals surface area contributed by atoms with Gasteiger partial charge in [0.2, 0.25) is 0 Å². The number of nitrogens with zero attached hydrogens (tertiary/aromatic N) is 3. The van der Waals surface area contributed by atoms with E-state index in [4.69, 9.17) is 0 Å². The quantitative estimate of drug-likeness (QED) is 0.587. The summed E-state index contributed by atoms with van der Waals surface area (Å²) >= 11 is 1.23. The molecule has 0 aromatic carbocycles. The van der Waals surface area contributed by atoms with Crippen LogP contribution in [0.4, 0.5) is 11.5 Å². The molecule has 1 aromatic rings. The molecule has 0 aliphatic heterocycles. The predicted octanol–water partition coefficient (Wildman–Crippen LogP) is 2.32. The zero-order chi connectivity index (χ0) is 11.6. The van der Waals surface area contributed by atoms with E-state index in [9.17, 15) is 10.1 Å². The second-order valence-corrected chi connectivity index (χ2v) is 4.89. The fraction of sp³-hybridized carbons (Fsp3) is 0.667. The fourth-order valence-corrected chi connectivity index (χ4v) is 2.50. The van der Waals surface area contributed by atoms with Gasteiger partial charge in [0.05, 0.1) is 16.4 Å². The van der Waals surface area contributed by atoms with E-state index in [0.29, 0.717) is 11.6 Å². The van der Waals surface area contributed by atoms with E-state index < -0.39 is 4.92 Å². The summed E-state index contributed by atoms with van der Waals surface area (Å²) in [5.41, 5.74) is 0.652. The zero-order valence-corrected chi connectivity index (χ0v) is 10.2. The Labute approximate surface area is 93.0 Å². The van der Waals surface area contributed by atoms with Gasteiger partial charge in [-0.15, -0.1) is 0 Å². The van der Waals surface area contributed by atoms with Crippen molar-refractivity contribution in [2.75, 3.05) is 19.0 Å². The van der Waals surface area contributed by atoms with Gasteiger partial charge in [-0.05, 0) is 17.3 Å². The minimum atomic E-state index is -0.421. The molecule has 1 aromatic heterocycles. The second kappa shape index (κ2) is 4.57. The monoisotopic (exact) mass is 229 g/mol. The maximum atomic E-state index is 10.7. The van der Waals surface area contributed by atoms with Crippen molar-refractivity contribution in [3.8, 4) is 0 Å². The molecule has 0 bridgehead atoms. The molecule has 1 heterocycles. The van der Waals surface area contributed by atoms with Crippen LogP contribution in [0.15, 0.2) is 0 Å². The Morgan fingerprint density at radius 3 is 2.53 bits per heavy atom. The normalized spacial score (nSPS) is 10.7. The van der Waals surface area contributed by atoms with Gasteiger partial charge >= 0.3 is 5.82 Å². The molecule has 1 rings (SSSR count). The summed E-state index contributed by atoms with van der Waals surface area (Å²) in [4.78, 5) is 13.1. The van der Waals surface area contributed by atoms with Crippen molar-refractivity contribution < 1.29 is 4.92 Å². The zero-order valence-electron chi connectivity index (χ0n) is 9.35. The first-order valence-corrected chi connectivity index (χ1v) is 5.51. The number of hydrogen-bond donors (Lipinski definition) is 0. The Kier molecular flexibility index (Phi) is 3.62. The van der Waals surface area contributed by atoms with Gasteiger partial charge in [0, 0.05) is 18.5 Å². The number of aromatic nitrogens is 1. The summed E-state index contributed by atoms with van der Waals surface area (Å²) in [5, 5.41) is 10.7. The first-order valence-electron chi connectivity index (χ1n) is 4.73. The third-order valence-corrected chi connectivity index (χ3v) is 2.78. The Hall–Kier alpha value is -1.17. The molecule has 0 spiro atoms. The van der Waals surface area contributed by atoms with Crippen LogP contribution in [0.3, 0.4) is 0 Å². The predicted molar refractivity (Wildman–Crippen MR) is 61.6 cm³/mol. The molecule has 5 nitrogen and oxygen atoms in total.